The standard InChI is InChI=1S/C18H19ClN2O5/c1-10(2)25-18(24)21-9-12(8-14(21)17(22)23)26-16-13-6-4-3-5-11(13)7-15(19)20-16/h3-7,10,12,14H,8-9H2,1-2H3,(H,22,23)/t12-,14+/m1/s1. The minimum absolute atomic E-state index is 0.102. The Morgan fingerprint density at radius 2 is 2.08 bits per heavy atom. The number of carbonyl (C=O) groups is 2. The fraction of sp³-hybridized carbons (Fsp3) is 0.389. The van der Waals surface area contributed by atoms with Crippen LogP contribution in [0.2, 0.25) is 5.15 Å². The van der Waals surface area contributed by atoms with E-state index in [2.05, 4.69) is 4.98 Å². The van der Waals surface area contributed by atoms with Gasteiger partial charge in [-0.15, -0.1) is 0 Å². The van der Waals surface area contributed by atoms with E-state index in [9.17, 15) is 14.7 Å². The molecule has 0 bridgehead atoms. The molecule has 2 atom stereocenters. The van der Waals surface area contributed by atoms with Gasteiger partial charge in [0.05, 0.1) is 12.6 Å². The lowest BCUT2D eigenvalue weighted by molar-refractivity contribution is -0.141. The summed E-state index contributed by atoms with van der Waals surface area (Å²) in [6.45, 7) is 3.52. The van der Waals surface area contributed by atoms with Crippen LogP contribution in [0.3, 0.4) is 0 Å². The largest absolute Gasteiger partial charge is 0.480 e. The van der Waals surface area contributed by atoms with Gasteiger partial charge >= 0.3 is 12.1 Å². The van der Waals surface area contributed by atoms with Crippen LogP contribution < -0.4 is 4.74 Å². The summed E-state index contributed by atoms with van der Waals surface area (Å²) >= 11 is 6.06. The van der Waals surface area contributed by atoms with Crippen molar-refractivity contribution < 1.29 is 24.2 Å². The van der Waals surface area contributed by atoms with E-state index in [0.717, 1.165) is 10.8 Å². The number of amides is 1. The Bertz CT molecular complexity index is 841. The van der Waals surface area contributed by atoms with Crippen LogP contribution in [0.4, 0.5) is 4.79 Å². The molecule has 0 saturated carbocycles. The van der Waals surface area contributed by atoms with Gasteiger partial charge in [0.15, 0.2) is 0 Å². The van der Waals surface area contributed by atoms with Crippen LogP contribution in [-0.4, -0.2) is 51.8 Å². The molecule has 1 N–H and O–H groups in total. The second-order valence-corrected chi connectivity index (χ2v) is 6.77. The highest BCUT2D eigenvalue weighted by molar-refractivity contribution is 6.30. The molecule has 2 aromatic rings. The van der Waals surface area contributed by atoms with Crippen LogP contribution in [0.5, 0.6) is 5.88 Å². The van der Waals surface area contributed by atoms with Gasteiger partial charge in [0.1, 0.15) is 17.3 Å². The molecule has 0 aliphatic carbocycles. The predicted molar refractivity (Wildman–Crippen MR) is 95.5 cm³/mol. The summed E-state index contributed by atoms with van der Waals surface area (Å²) in [6.07, 6.45) is -1.38. The Balaban J connectivity index is 1.83. The molecule has 1 aliphatic heterocycles. The first-order valence-corrected chi connectivity index (χ1v) is 8.65. The van der Waals surface area contributed by atoms with E-state index in [4.69, 9.17) is 21.1 Å². The number of hydrogen-bond acceptors (Lipinski definition) is 5. The molecule has 2 heterocycles. The first-order chi connectivity index (χ1) is 12.3. The lowest BCUT2D eigenvalue weighted by Gasteiger charge is -2.21. The molecular weight excluding hydrogens is 360 g/mol. The molecule has 7 nitrogen and oxygen atoms in total. The van der Waals surface area contributed by atoms with Crippen molar-refractivity contribution in [2.45, 2.75) is 38.5 Å². The maximum Gasteiger partial charge on any atom is 0.410 e. The number of fused-ring (bicyclic) bond motifs is 1. The number of aliphatic carboxylic acids is 1. The zero-order valence-corrected chi connectivity index (χ0v) is 15.1. The topological polar surface area (TPSA) is 89.0 Å². The number of halogens is 1. The molecule has 1 amide bonds. The molecule has 0 spiro atoms. The summed E-state index contributed by atoms with van der Waals surface area (Å²) in [7, 11) is 0. The van der Waals surface area contributed by atoms with Gasteiger partial charge in [0.25, 0.3) is 0 Å². The molecule has 26 heavy (non-hydrogen) atoms. The fourth-order valence-corrected chi connectivity index (χ4v) is 3.17. The first kappa shape index (κ1) is 18.3. The van der Waals surface area contributed by atoms with E-state index < -0.39 is 24.2 Å². The van der Waals surface area contributed by atoms with E-state index in [1.54, 1.807) is 19.9 Å². The monoisotopic (exact) mass is 378 g/mol. The van der Waals surface area contributed by atoms with E-state index in [-0.39, 0.29) is 24.2 Å². The van der Waals surface area contributed by atoms with Crippen molar-refractivity contribution in [1.82, 2.24) is 9.88 Å². The van der Waals surface area contributed by atoms with Crippen LogP contribution in [0.25, 0.3) is 10.8 Å². The van der Waals surface area contributed by atoms with Crippen LogP contribution in [-0.2, 0) is 9.53 Å². The summed E-state index contributed by atoms with van der Waals surface area (Å²) in [4.78, 5) is 29.1. The number of carboxylic acid groups (broad SMARTS) is 1. The number of hydrogen-bond donors (Lipinski definition) is 1. The number of carboxylic acids is 1. The van der Waals surface area contributed by atoms with Crippen LogP contribution in [0, 0.1) is 0 Å². The molecule has 1 saturated heterocycles. The summed E-state index contributed by atoms with van der Waals surface area (Å²) < 4.78 is 11.1. The predicted octanol–water partition coefficient (Wildman–Crippen LogP) is 3.34. The number of aromatic nitrogens is 1. The number of ether oxygens (including phenoxy) is 2. The number of nitrogens with zero attached hydrogens (tertiary/aromatic N) is 2. The smallest absolute Gasteiger partial charge is 0.410 e. The minimum Gasteiger partial charge on any atom is -0.480 e. The van der Waals surface area contributed by atoms with Gasteiger partial charge in [-0.1, -0.05) is 29.8 Å². The zero-order chi connectivity index (χ0) is 18.8. The van der Waals surface area contributed by atoms with Gasteiger partial charge in [-0.3, -0.25) is 4.90 Å². The third kappa shape index (κ3) is 3.83. The van der Waals surface area contributed by atoms with Gasteiger partial charge in [0, 0.05) is 11.8 Å². The van der Waals surface area contributed by atoms with Crippen molar-refractivity contribution in [1.29, 1.82) is 0 Å². The highest BCUT2D eigenvalue weighted by Crippen LogP contribution is 2.30. The molecule has 1 aromatic carbocycles. The van der Waals surface area contributed by atoms with Crippen molar-refractivity contribution in [3.8, 4) is 5.88 Å². The van der Waals surface area contributed by atoms with Gasteiger partial charge in [-0.05, 0) is 31.4 Å². The molecule has 3 rings (SSSR count). The van der Waals surface area contributed by atoms with Crippen molar-refractivity contribution in [3.05, 3.63) is 35.5 Å². The van der Waals surface area contributed by atoms with Crippen molar-refractivity contribution in [2.24, 2.45) is 0 Å². The van der Waals surface area contributed by atoms with Gasteiger partial charge in [-0.2, -0.15) is 0 Å². The summed E-state index contributed by atoms with van der Waals surface area (Å²) in [5, 5.41) is 11.3. The van der Waals surface area contributed by atoms with Crippen molar-refractivity contribution in [2.75, 3.05) is 6.54 Å². The van der Waals surface area contributed by atoms with E-state index >= 15 is 0 Å². The Labute approximate surface area is 155 Å². The zero-order valence-electron chi connectivity index (χ0n) is 14.4. The molecule has 1 aliphatic rings. The second kappa shape index (κ2) is 7.37. The number of likely N-dealkylation sites (tertiary alicyclic amines) is 1. The number of rotatable bonds is 4. The maximum atomic E-state index is 12.2. The van der Waals surface area contributed by atoms with Crippen molar-refractivity contribution >= 4 is 34.4 Å². The van der Waals surface area contributed by atoms with Gasteiger partial charge in [-0.25, -0.2) is 14.6 Å². The van der Waals surface area contributed by atoms with Crippen LogP contribution in [0.15, 0.2) is 30.3 Å². The van der Waals surface area contributed by atoms with E-state index in [1.807, 2.05) is 24.3 Å². The fourth-order valence-electron chi connectivity index (χ4n) is 2.97. The third-order valence-electron chi connectivity index (χ3n) is 4.07. The summed E-state index contributed by atoms with van der Waals surface area (Å²) in [5.74, 6) is -0.776. The van der Waals surface area contributed by atoms with Crippen LogP contribution >= 0.6 is 11.6 Å². The number of benzene rings is 1. The van der Waals surface area contributed by atoms with E-state index in [0.29, 0.717) is 5.88 Å². The molecule has 8 heteroatoms. The average Bonchev–Trinajstić information content (AvgIpc) is 2.98. The molecule has 1 aromatic heterocycles. The Hall–Kier alpha value is -2.54. The van der Waals surface area contributed by atoms with E-state index in [1.165, 1.54) is 4.90 Å². The molecule has 1 fully saturated rings. The lowest BCUT2D eigenvalue weighted by Crippen LogP contribution is -2.41. The number of pyridine rings is 1. The average molecular weight is 379 g/mol. The van der Waals surface area contributed by atoms with Crippen molar-refractivity contribution in [3.63, 3.8) is 0 Å². The highest BCUT2D eigenvalue weighted by Gasteiger charge is 2.42. The molecule has 138 valence electrons. The number of carbonyl (C=O) groups excluding carboxylic acids is 1. The quantitative estimate of drug-likeness (QED) is 0.821. The highest BCUT2D eigenvalue weighted by atomic mass is 35.5. The maximum absolute atomic E-state index is 12.2. The normalized spacial score (nSPS) is 19.8. The first-order valence-electron chi connectivity index (χ1n) is 8.27. The van der Waals surface area contributed by atoms with Gasteiger partial charge in [0.2, 0.25) is 5.88 Å². The van der Waals surface area contributed by atoms with Crippen LogP contribution in [0.1, 0.15) is 20.3 Å². The van der Waals surface area contributed by atoms with Gasteiger partial charge < -0.3 is 14.6 Å². The molecule has 0 radical (unpaired) electrons. The Morgan fingerprint density at radius 1 is 1.35 bits per heavy atom. The summed E-state index contributed by atoms with van der Waals surface area (Å²) in [5.41, 5.74) is 0. The lowest BCUT2D eigenvalue weighted by atomic mass is 10.1. The molecule has 0 unspecified atom stereocenters. The Morgan fingerprint density at radius 3 is 2.77 bits per heavy atom. The Kier molecular flexibility index (Phi) is 5.18. The third-order valence-corrected chi connectivity index (χ3v) is 4.26. The SMILES string of the molecule is CC(C)OC(=O)N1C[C@H](Oc2nc(Cl)cc3ccccc23)C[C@H]1C(=O)O. The second-order valence-electron chi connectivity index (χ2n) is 6.39. The summed E-state index contributed by atoms with van der Waals surface area (Å²) in [6, 6.07) is 8.19. The minimum atomic E-state index is -1.10. The molecular formula is C18H19ClN2O5.